The summed E-state index contributed by atoms with van der Waals surface area (Å²) in [5.74, 6) is 0.849. The lowest BCUT2D eigenvalue weighted by atomic mass is 10.1. The zero-order chi connectivity index (χ0) is 15.1. The molecule has 4 heteroatoms. The Kier molecular flexibility index (Phi) is 5.69. The van der Waals surface area contributed by atoms with E-state index in [1.165, 1.54) is 11.1 Å². The Labute approximate surface area is 127 Å². The van der Waals surface area contributed by atoms with E-state index in [0.717, 1.165) is 37.6 Å². The van der Waals surface area contributed by atoms with Crippen LogP contribution < -0.4 is 5.32 Å². The number of hydrogen-bond donors (Lipinski definition) is 1. The topological polar surface area (TPSA) is 41.1 Å². The molecule has 0 bridgehead atoms. The Bertz CT molecular complexity index is 551. The Hall–Kier alpha value is -1.94. The third-order valence-electron chi connectivity index (χ3n) is 3.23. The van der Waals surface area contributed by atoms with E-state index in [-0.39, 0.29) is 0 Å². The molecule has 2 aromatic rings. The number of hydrogen-bond acceptors (Lipinski definition) is 4. The third-order valence-corrected chi connectivity index (χ3v) is 3.23. The summed E-state index contributed by atoms with van der Waals surface area (Å²) in [6, 6.07) is 8.61. The summed E-state index contributed by atoms with van der Waals surface area (Å²) >= 11 is 0. The molecule has 1 heterocycles. The maximum atomic E-state index is 4.46. The summed E-state index contributed by atoms with van der Waals surface area (Å²) in [6.45, 7) is 6.90. The smallest absolute Gasteiger partial charge is 0.144 e. The normalized spacial score (nSPS) is 10.9. The number of rotatable bonds is 7. The van der Waals surface area contributed by atoms with Gasteiger partial charge in [0.2, 0.25) is 0 Å². The number of aryl methyl sites for hydroxylation is 1. The molecule has 0 atom stereocenters. The first-order valence-electron chi connectivity index (χ1n) is 7.46. The van der Waals surface area contributed by atoms with Crippen LogP contribution in [0.5, 0.6) is 0 Å². The molecule has 0 aliphatic rings. The standard InChI is InChI=1S/C17H24N4/c1-4-8-18-17-11-19-16(10-20-17)13-21(3)12-15-7-5-6-14(2)9-15/h5-7,9-11H,4,8,12-13H2,1-3H3,(H,18,20). The predicted molar refractivity (Wildman–Crippen MR) is 87.2 cm³/mol. The fourth-order valence-corrected chi connectivity index (χ4v) is 2.24. The largest absolute Gasteiger partial charge is 0.369 e. The number of nitrogens with one attached hydrogen (secondary N) is 1. The highest BCUT2D eigenvalue weighted by Crippen LogP contribution is 2.09. The highest BCUT2D eigenvalue weighted by Gasteiger charge is 2.04. The zero-order valence-electron chi connectivity index (χ0n) is 13.1. The van der Waals surface area contributed by atoms with Crippen LogP contribution >= 0.6 is 0 Å². The summed E-state index contributed by atoms with van der Waals surface area (Å²) in [6.07, 6.45) is 4.75. The number of anilines is 1. The van der Waals surface area contributed by atoms with Crippen molar-refractivity contribution < 1.29 is 0 Å². The third kappa shape index (κ3) is 5.16. The van der Waals surface area contributed by atoms with Gasteiger partial charge in [0.15, 0.2) is 0 Å². The monoisotopic (exact) mass is 284 g/mol. The van der Waals surface area contributed by atoms with E-state index in [4.69, 9.17) is 0 Å². The molecule has 1 aromatic heterocycles. The van der Waals surface area contributed by atoms with Gasteiger partial charge in [-0.3, -0.25) is 9.88 Å². The van der Waals surface area contributed by atoms with Gasteiger partial charge in [0.25, 0.3) is 0 Å². The summed E-state index contributed by atoms with van der Waals surface area (Å²) in [5, 5.41) is 3.23. The SMILES string of the molecule is CCCNc1cnc(CN(C)Cc2cccc(C)c2)cn1. The van der Waals surface area contributed by atoms with Crippen LogP contribution in [0.15, 0.2) is 36.7 Å². The van der Waals surface area contributed by atoms with E-state index in [1.807, 2.05) is 12.4 Å². The molecule has 0 radical (unpaired) electrons. The molecule has 0 unspecified atom stereocenters. The first-order chi connectivity index (χ1) is 10.2. The van der Waals surface area contributed by atoms with E-state index in [0.29, 0.717) is 0 Å². The molecular formula is C17H24N4. The highest BCUT2D eigenvalue weighted by molar-refractivity contribution is 5.30. The number of aromatic nitrogens is 2. The first-order valence-corrected chi connectivity index (χ1v) is 7.46. The van der Waals surface area contributed by atoms with Crippen molar-refractivity contribution >= 4 is 5.82 Å². The minimum Gasteiger partial charge on any atom is -0.369 e. The fourth-order valence-electron chi connectivity index (χ4n) is 2.24. The van der Waals surface area contributed by atoms with E-state index in [2.05, 4.69) is 65.3 Å². The van der Waals surface area contributed by atoms with Gasteiger partial charge in [-0.2, -0.15) is 0 Å². The molecule has 2 rings (SSSR count). The molecule has 0 spiro atoms. The molecular weight excluding hydrogens is 260 g/mol. The van der Waals surface area contributed by atoms with Crippen molar-refractivity contribution in [2.24, 2.45) is 0 Å². The lowest BCUT2D eigenvalue weighted by Gasteiger charge is -2.16. The molecule has 1 N–H and O–H groups in total. The van der Waals surface area contributed by atoms with Gasteiger partial charge in [-0.05, 0) is 26.0 Å². The van der Waals surface area contributed by atoms with Crippen LogP contribution in [0.2, 0.25) is 0 Å². The van der Waals surface area contributed by atoms with E-state index < -0.39 is 0 Å². The van der Waals surface area contributed by atoms with Gasteiger partial charge >= 0.3 is 0 Å². The van der Waals surface area contributed by atoms with E-state index in [9.17, 15) is 0 Å². The zero-order valence-corrected chi connectivity index (χ0v) is 13.1. The molecule has 0 aliphatic carbocycles. The van der Waals surface area contributed by atoms with Gasteiger partial charge in [0.1, 0.15) is 5.82 Å². The number of nitrogens with zero attached hydrogens (tertiary/aromatic N) is 3. The van der Waals surface area contributed by atoms with Crippen molar-refractivity contribution in [3.05, 3.63) is 53.5 Å². The van der Waals surface area contributed by atoms with Crippen LogP contribution in [0.4, 0.5) is 5.82 Å². The van der Waals surface area contributed by atoms with Crippen LogP contribution in [0, 0.1) is 6.92 Å². The van der Waals surface area contributed by atoms with E-state index in [1.54, 1.807) is 0 Å². The predicted octanol–water partition coefficient (Wildman–Crippen LogP) is 3.24. The molecule has 0 saturated carbocycles. The minimum atomic E-state index is 0.801. The lowest BCUT2D eigenvalue weighted by molar-refractivity contribution is 0.314. The Balaban J connectivity index is 1.88. The lowest BCUT2D eigenvalue weighted by Crippen LogP contribution is -2.18. The molecule has 0 aliphatic heterocycles. The van der Waals surface area contributed by atoms with Crippen LogP contribution in [0.1, 0.15) is 30.2 Å². The fraction of sp³-hybridized carbons (Fsp3) is 0.412. The molecule has 0 saturated heterocycles. The van der Waals surface area contributed by atoms with Gasteiger partial charge in [-0.25, -0.2) is 4.98 Å². The van der Waals surface area contributed by atoms with Crippen molar-refractivity contribution in [1.82, 2.24) is 14.9 Å². The van der Waals surface area contributed by atoms with Crippen molar-refractivity contribution in [2.45, 2.75) is 33.4 Å². The average molecular weight is 284 g/mol. The van der Waals surface area contributed by atoms with E-state index >= 15 is 0 Å². The second kappa shape index (κ2) is 7.74. The van der Waals surface area contributed by atoms with Crippen molar-refractivity contribution in [1.29, 1.82) is 0 Å². The van der Waals surface area contributed by atoms with Crippen LogP contribution in [-0.4, -0.2) is 28.5 Å². The highest BCUT2D eigenvalue weighted by atomic mass is 15.1. The average Bonchev–Trinajstić information content (AvgIpc) is 2.46. The summed E-state index contributed by atoms with van der Waals surface area (Å²) in [5.41, 5.74) is 3.62. The van der Waals surface area contributed by atoms with Gasteiger partial charge in [0, 0.05) is 19.6 Å². The quantitative estimate of drug-likeness (QED) is 0.847. The van der Waals surface area contributed by atoms with Crippen LogP contribution in [0.3, 0.4) is 0 Å². The van der Waals surface area contributed by atoms with Crippen LogP contribution in [0.25, 0.3) is 0 Å². The first kappa shape index (κ1) is 15.4. The molecule has 1 aromatic carbocycles. The minimum absolute atomic E-state index is 0.801. The van der Waals surface area contributed by atoms with Gasteiger partial charge in [-0.15, -0.1) is 0 Å². The molecule has 4 nitrogen and oxygen atoms in total. The molecule has 112 valence electrons. The Morgan fingerprint density at radius 3 is 2.67 bits per heavy atom. The molecule has 0 amide bonds. The van der Waals surface area contributed by atoms with Crippen LogP contribution in [-0.2, 0) is 13.1 Å². The van der Waals surface area contributed by atoms with Crippen molar-refractivity contribution in [3.8, 4) is 0 Å². The second-order valence-corrected chi connectivity index (χ2v) is 5.48. The Morgan fingerprint density at radius 1 is 1.14 bits per heavy atom. The maximum absolute atomic E-state index is 4.46. The maximum Gasteiger partial charge on any atom is 0.144 e. The summed E-state index contributed by atoms with van der Waals surface area (Å²) < 4.78 is 0. The van der Waals surface area contributed by atoms with Crippen molar-refractivity contribution in [3.63, 3.8) is 0 Å². The molecule has 0 fully saturated rings. The summed E-state index contributed by atoms with van der Waals surface area (Å²) in [4.78, 5) is 11.1. The second-order valence-electron chi connectivity index (χ2n) is 5.48. The van der Waals surface area contributed by atoms with Gasteiger partial charge in [-0.1, -0.05) is 36.8 Å². The summed E-state index contributed by atoms with van der Waals surface area (Å²) in [7, 11) is 2.10. The van der Waals surface area contributed by atoms with Gasteiger partial charge < -0.3 is 5.32 Å². The molecule has 21 heavy (non-hydrogen) atoms. The van der Waals surface area contributed by atoms with Crippen molar-refractivity contribution in [2.75, 3.05) is 18.9 Å². The van der Waals surface area contributed by atoms with Gasteiger partial charge in [0.05, 0.1) is 18.1 Å². The number of benzene rings is 1. The Morgan fingerprint density at radius 2 is 2.00 bits per heavy atom.